The van der Waals surface area contributed by atoms with Crippen LogP contribution in [0.2, 0.25) is 0 Å². The summed E-state index contributed by atoms with van der Waals surface area (Å²) in [4.78, 5) is 15.0. The van der Waals surface area contributed by atoms with Crippen LogP contribution in [0.25, 0.3) is 0 Å². The summed E-state index contributed by atoms with van der Waals surface area (Å²) < 4.78 is 22.4. The Hall–Kier alpha value is -2.77. The zero-order valence-corrected chi connectivity index (χ0v) is 19.3. The second-order valence-electron chi connectivity index (χ2n) is 7.74. The third-order valence-electron chi connectivity index (χ3n) is 5.52. The number of amides is 1. The van der Waals surface area contributed by atoms with Crippen molar-refractivity contribution in [3.8, 4) is 17.2 Å². The lowest BCUT2D eigenvalue weighted by Crippen LogP contribution is -2.38. The summed E-state index contributed by atoms with van der Waals surface area (Å²) in [6.45, 7) is 6.27. The summed E-state index contributed by atoms with van der Waals surface area (Å²) in [5, 5.41) is 2.86. The van der Waals surface area contributed by atoms with Crippen molar-refractivity contribution in [3.63, 3.8) is 0 Å². The highest BCUT2D eigenvalue weighted by molar-refractivity contribution is 5.97. The Balaban J connectivity index is 1.60. The molecule has 1 fully saturated rings. The molecule has 2 aromatic rings. The van der Waals surface area contributed by atoms with Crippen molar-refractivity contribution in [1.29, 1.82) is 0 Å². The lowest BCUT2D eigenvalue weighted by Gasteiger charge is -2.32. The maximum atomic E-state index is 12.6. The van der Waals surface area contributed by atoms with Crippen LogP contribution in [0.15, 0.2) is 42.5 Å². The first kappa shape index (κ1) is 23.9. The summed E-state index contributed by atoms with van der Waals surface area (Å²) in [7, 11) is 3.21. The summed E-state index contributed by atoms with van der Waals surface area (Å²) in [5.74, 6) is 2.00. The zero-order chi connectivity index (χ0) is 22.8. The van der Waals surface area contributed by atoms with E-state index in [0.717, 1.165) is 38.2 Å². The molecule has 174 valence electrons. The van der Waals surface area contributed by atoms with Crippen LogP contribution in [0, 0.1) is 0 Å². The lowest BCUT2D eigenvalue weighted by molar-refractivity contribution is 0.0879. The Morgan fingerprint density at radius 1 is 1.09 bits per heavy atom. The van der Waals surface area contributed by atoms with E-state index < -0.39 is 0 Å². The average Bonchev–Trinajstić information content (AvgIpc) is 2.82. The quantitative estimate of drug-likeness (QED) is 0.537. The number of hydrogen-bond donors (Lipinski definition) is 1. The Morgan fingerprint density at radius 3 is 2.59 bits per heavy atom. The maximum Gasteiger partial charge on any atom is 0.255 e. The molecule has 1 aliphatic rings. The van der Waals surface area contributed by atoms with Gasteiger partial charge < -0.3 is 24.3 Å². The predicted octanol–water partition coefficient (Wildman–Crippen LogP) is 3.51. The number of carbonyl (C=O) groups is 1. The molecule has 0 bridgehead atoms. The molecule has 0 unspecified atom stereocenters. The minimum absolute atomic E-state index is 0.0472. The number of piperidine rings is 1. The summed E-state index contributed by atoms with van der Waals surface area (Å²) in [5.41, 5.74) is 1.71. The highest BCUT2D eigenvalue weighted by Crippen LogP contribution is 2.29. The Kier molecular flexibility index (Phi) is 9.19. The Bertz CT molecular complexity index is 865. The van der Waals surface area contributed by atoms with Gasteiger partial charge in [-0.25, -0.2) is 0 Å². The molecule has 2 aromatic carbocycles. The van der Waals surface area contributed by atoms with E-state index in [0.29, 0.717) is 36.8 Å². The molecule has 1 amide bonds. The van der Waals surface area contributed by atoms with Crippen LogP contribution in [0.3, 0.4) is 0 Å². The smallest absolute Gasteiger partial charge is 0.255 e. The van der Waals surface area contributed by atoms with E-state index in [1.54, 1.807) is 32.4 Å². The van der Waals surface area contributed by atoms with Crippen molar-refractivity contribution < 1.29 is 23.7 Å². The maximum absolute atomic E-state index is 12.6. The van der Waals surface area contributed by atoms with Gasteiger partial charge in [-0.05, 0) is 38.0 Å². The van der Waals surface area contributed by atoms with Gasteiger partial charge in [0.05, 0.1) is 25.9 Å². The molecular formula is C25H34N2O5. The van der Waals surface area contributed by atoms with Crippen LogP contribution in [-0.4, -0.2) is 64.0 Å². The minimum Gasteiger partial charge on any atom is -0.497 e. The number of para-hydroxylation sites is 1. The van der Waals surface area contributed by atoms with Crippen LogP contribution < -0.4 is 19.5 Å². The normalized spacial score (nSPS) is 14.7. The summed E-state index contributed by atoms with van der Waals surface area (Å²) in [6.07, 6.45) is 1.82. The third kappa shape index (κ3) is 6.61. The Morgan fingerprint density at radius 2 is 1.88 bits per heavy atom. The van der Waals surface area contributed by atoms with E-state index in [4.69, 9.17) is 18.9 Å². The van der Waals surface area contributed by atoms with Gasteiger partial charge in [-0.3, -0.25) is 9.69 Å². The molecular weight excluding hydrogens is 408 g/mol. The van der Waals surface area contributed by atoms with E-state index in [1.165, 1.54) is 5.56 Å². The van der Waals surface area contributed by atoms with Gasteiger partial charge in [0.1, 0.15) is 23.4 Å². The summed E-state index contributed by atoms with van der Waals surface area (Å²) in [6, 6.07) is 13.5. The minimum atomic E-state index is -0.176. The highest BCUT2D eigenvalue weighted by atomic mass is 16.5. The predicted molar refractivity (Wildman–Crippen MR) is 124 cm³/mol. The number of methoxy groups -OCH3 is 2. The fourth-order valence-electron chi connectivity index (χ4n) is 3.81. The molecule has 0 aromatic heterocycles. The monoisotopic (exact) mass is 442 g/mol. The molecule has 0 spiro atoms. The SMILES string of the molecule is CCOc1ccccc1CN1CCC(Oc2cc(OC)ccc2C(=O)NCCOC)CC1. The van der Waals surface area contributed by atoms with Crippen LogP contribution in [0.4, 0.5) is 0 Å². The molecule has 1 aliphatic heterocycles. The first-order valence-corrected chi connectivity index (χ1v) is 11.2. The molecule has 0 aliphatic carbocycles. The second-order valence-corrected chi connectivity index (χ2v) is 7.74. The molecule has 0 saturated carbocycles. The van der Waals surface area contributed by atoms with Gasteiger partial charge in [-0.2, -0.15) is 0 Å². The molecule has 3 rings (SSSR count). The average molecular weight is 443 g/mol. The van der Waals surface area contributed by atoms with Gasteiger partial charge >= 0.3 is 0 Å². The van der Waals surface area contributed by atoms with E-state index in [1.807, 2.05) is 19.1 Å². The van der Waals surface area contributed by atoms with E-state index >= 15 is 0 Å². The number of nitrogens with one attached hydrogen (secondary N) is 1. The molecule has 0 atom stereocenters. The van der Waals surface area contributed by atoms with Crippen molar-refractivity contribution in [2.45, 2.75) is 32.4 Å². The van der Waals surface area contributed by atoms with Crippen LogP contribution in [0.5, 0.6) is 17.2 Å². The van der Waals surface area contributed by atoms with Gasteiger partial charge in [0, 0.05) is 44.9 Å². The number of nitrogens with zero attached hydrogens (tertiary/aromatic N) is 1. The summed E-state index contributed by atoms with van der Waals surface area (Å²) >= 11 is 0. The topological polar surface area (TPSA) is 69.3 Å². The largest absolute Gasteiger partial charge is 0.497 e. The first-order valence-electron chi connectivity index (χ1n) is 11.2. The number of carbonyl (C=O) groups excluding carboxylic acids is 1. The number of ether oxygens (including phenoxy) is 4. The molecule has 0 radical (unpaired) electrons. The van der Waals surface area contributed by atoms with Crippen molar-refractivity contribution in [1.82, 2.24) is 10.2 Å². The number of rotatable bonds is 11. The zero-order valence-electron chi connectivity index (χ0n) is 19.3. The van der Waals surface area contributed by atoms with Gasteiger partial charge in [-0.1, -0.05) is 18.2 Å². The molecule has 1 N–H and O–H groups in total. The molecule has 7 heteroatoms. The van der Waals surface area contributed by atoms with Crippen molar-refractivity contribution >= 4 is 5.91 Å². The number of likely N-dealkylation sites (tertiary alicyclic amines) is 1. The van der Waals surface area contributed by atoms with E-state index in [-0.39, 0.29) is 12.0 Å². The van der Waals surface area contributed by atoms with Gasteiger partial charge in [0.25, 0.3) is 5.91 Å². The second kappa shape index (κ2) is 12.3. The molecule has 1 heterocycles. The standard InChI is InChI=1S/C25H34N2O5/c1-4-31-23-8-6-5-7-19(23)18-27-14-11-20(12-15-27)32-24-17-21(30-3)9-10-22(24)25(28)26-13-16-29-2/h5-10,17,20H,4,11-16,18H2,1-3H3,(H,26,28). The van der Waals surface area contributed by atoms with Crippen molar-refractivity contribution in [3.05, 3.63) is 53.6 Å². The van der Waals surface area contributed by atoms with Crippen molar-refractivity contribution in [2.24, 2.45) is 0 Å². The number of hydrogen-bond acceptors (Lipinski definition) is 6. The molecule has 32 heavy (non-hydrogen) atoms. The molecule has 7 nitrogen and oxygen atoms in total. The van der Waals surface area contributed by atoms with Crippen LogP contribution in [0.1, 0.15) is 35.7 Å². The first-order chi connectivity index (χ1) is 15.6. The Labute approximate surface area is 190 Å². The van der Waals surface area contributed by atoms with Gasteiger partial charge in [0.2, 0.25) is 0 Å². The van der Waals surface area contributed by atoms with Crippen LogP contribution >= 0.6 is 0 Å². The fourth-order valence-corrected chi connectivity index (χ4v) is 3.81. The number of benzene rings is 2. The van der Waals surface area contributed by atoms with Gasteiger partial charge in [-0.15, -0.1) is 0 Å². The van der Waals surface area contributed by atoms with Gasteiger partial charge in [0.15, 0.2) is 0 Å². The highest BCUT2D eigenvalue weighted by Gasteiger charge is 2.23. The molecule has 1 saturated heterocycles. The van der Waals surface area contributed by atoms with Crippen LogP contribution in [-0.2, 0) is 11.3 Å². The fraction of sp³-hybridized carbons (Fsp3) is 0.480. The van der Waals surface area contributed by atoms with E-state index in [9.17, 15) is 4.79 Å². The van der Waals surface area contributed by atoms with Crippen molar-refractivity contribution in [2.75, 3.05) is 47.1 Å². The lowest BCUT2D eigenvalue weighted by atomic mass is 10.1. The third-order valence-corrected chi connectivity index (χ3v) is 5.52. The van der Waals surface area contributed by atoms with E-state index in [2.05, 4.69) is 22.3 Å².